The molecule has 1 aliphatic heterocycles. The van der Waals surface area contributed by atoms with Crippen LogP contribution in [0.4, 0.5) is 4.79 Å². The third-order valence-corrected chi connectivity index (χ3v) is 4.11. The van der Waals surface area contributed by atoms with E-state index in [9.17, 15) is 4.79 Å². The molecule has 132 valence electrons. The van der Waals surface area contributed by atoms with Gasteiger partial charge in [0.05, 0.1) is 0 Å². The molecule has 0 unspecified atom stereocenters. The monoisotopic (exact) mass is 339 g/mol. The van der Waals surface area contributed by atoms with Gasteiger partial charge in [0.2, 0.25) is 0 Å². The van der Waals surface area contributed by atoms with E-state index < -0.39 is 5.60 Å². The van der Waals surface area contributed by atoms with Gasteiger partial charge in [-0.25, -0.2) is 4.79 Å². The summed E-state index contributed by atoms with van der Waals surface area (Å²) in [5, 5.41) is 0. The Morgan fingerprint density at radius 2 is 1.60 bits per heavy atom. The topological polar surface area (TPSA) is 38.8 Å². The van der Waals surface area contributed by atoms with Gasteiger partial charge in [-0.05, 0) is 69.0 Å². The van der Waals surface area contributed by atoms with E-state index in [2.05, 4.69) is 12.1 Å². The smallest absolute Gasteiger partial charge is 0.410 e. The van der Waals surface area contributed by atoms with Crippen LogP contribution >= 0.6 is 0 Å². The number of carbonyl (C=O) groups is 1. The molecule has 0 aliphatic carbocycles. The molecule has 1 aliphatic rings. The van der Waals surface area contributed by atoms with Gasteiger partial charge >= 0.3 is 6.09 Å². The van der Waals surface area contributed by atoms with Crippen molar-refractivity contribution in [3.05, 3.63) is 59.7 Å². The molecule has 25 heavy (non-hydrogen) atoms. The molecule has 0 saturated carbocycles. The van der Waals surface area contributed by atoms with Crippen LogP contribution in [0.25, 0.3) is 0 Å². The van der Waals surface area contributed by atoms with Crippen molar-refractivity contribution < 1.29 is 14.3 Å². The van der Waals surface area contributed by atoms with Gasteiger partial charge < -0.3 is 14.4 Å². The summed E-state index contributed by atoms with van der Waals surface area (Å²) in [5.41, 5.74) is 2.04. The second kappa shape index (κ2) is 7.18. The molecule has 4 heteroatoms. The van der Waals surface area contributed by atoms with Gasteiger partial charge in [-0.3, -0.25) is 0 Å². The zero-order valence-corrected chi connectivity index (χ0v) is 15.1. The minimum absolute atomic E-state index is 0.235. The number of ether oxygens (including phenoxy) is 2. The molecule has 2 aromatic rings. The lowest BCUT2D eigenvalue weighted by Crippen LogP contribution is -2.38. The summed E-state index contributed by atoms with van der Waals surface area (Å²) in [6.45, 7) is 7.03. The average molecular weight is 339 g/mol. The first kappa shape index (κ1) is 17.3. The number of benzene rings is 2. The second-order valence-electron chi connectivity index (χ2n) is 7.31. The van der Waals surface area contributed by atoms with Gasteiger partial charge in [-0.2, -0.15) is 0 Å². The Morgan fingerprint density at radius 1 is 0.920 bits per heavy atom. The van der Waals surface area contributed by atoms with Crippen molar-refractivity contribution in [1.29, 1.82) is 0 Å². The number of amides is 1. The summed E-state index contributed by atoms with van der Waals surface area (Å²) < 4.78 is 11.4. The zero-order chi connectivity index (χ0) is 17.9. The van der Waals surface area contributed by atoms with E-state index in [0.717, 1.165) is 24.3 Å². The summed E-state index contributed by atoms with van der Waals surface area (Å²) in [6.07, 6.45) is 1.40. The molecular formula is C21H25NO3. The highest BCUT2D eigenvalue weighted by atomic mass is 16.6. The molecular weight excluding hydrogens is 314 g/mol. The van der Waals surface area contributed by atoms with Gasteiger partial charge in [0.1, 0.15) is 17.1 Å². The Labute approximate surface area is 149 Å². The van der Waals surface area contributed by atoms with E-state index in [1.54, 1.807) is 4.90 Å². The first-order valence-electron chi connectivity index (χ1n) is 8.73. The number of hydrogen-bond donors (Lipinski definition) is 0. The fourth-order valence-corrected chi connectivity index (χ4v) is 2.90. The standard InChI is InChI=1S/C21H25NO3/c1-21(2,3)25-20(23)22-13-11-16-9-10-19(15-17(16)12-14-22)24-18-7-5-4-6-8-18/h4-10,15H,11-14H2,1-3H3. The highest BCUT2D eigenvalue weighted by molar-refractivity contribution is 5.68. The van der Waals surface area contributed by atoms with E-state index in [0.29, 0.717) is 13.1 Å². The normalized spacial score (nSPS) is 14.4. The molecule has 0 N–H and O–H groups in total. The van der Waals surface area contributed by atoms with E-state index in [1.165, 1.54) is 11.1 Å². The van der Waals surface area contributed by atoms with Crippen molar-refractivity contribution in [2.75, 3.05) is 13.1 Å². The quantitative estimate of drug-likeness (QED) is 0.788. The Balaban J connectivity index is 1.68. The number of carbonyl (C=O) groups excluding carboxylic acids is 1. The van der Waals surface area contributed by atoms with Crippen molar-refractivity contribution in [1.82, 2.24) is 4.90 Å². The van der Waals surface area contributed by atoms with E-state index >= 15 is 0 Å². The van der Waals surface area contributed by atoms with Crippen LogP contribution in [0.3, 0.4) is 0 Å². The van der Waals surface area contributed by atoms with Crippen LogP contribution in [-0.4, -0.2) is 29.7 Å². The minimum Gasteiger partial charge on any atom is -0.457 e. The van der Waals surface area contributed by atoms with Crippen LogP contribution in [0.2, 0.25) is 0 Å². The first-order chi connectivity index (χ1) is 11.9. The highest BCUT2D eigenvalue weighted by Gasteiger charge is 2.24. The maximum Gasteiger partial charge on any atom is 0.410 e. The Bertz CT molecular complexity index is 735. The first-order valence-corrected chi connectivity index (χ1v) is 8.73. The van der Waals surface area contributed by atoms with Crippen molar-refractivity contribution >= 4 is 6.09 Å². The summed E-state index contributed by atoms with van der Waals surface area (Å²) >= 11 is 0. The van der Waals surface area contributed by atoms with Crippen LogP contribution in [0.5, 0.6) is 11.5 Å². The maximum atomic E-state index is 12.3. The van der Waals surface area contributed by atoms with Gasteiger partial charge in [0, 0.05) is 13.1 Å². The van der Waals surface area contributed by atoms with Crippen LogP contribution in [0, 0.1) is 0 Å². The fourth-order valence-electron chi connectivity index (χ4n) is 2.90. The van der Waals surface area contributed by atoms with Crippen LogP contribution in [-0.2, 0) is 17.6 Å². The van der Waals surface area contributed by atoms with Crippen molar-refractivity contribution in [2.45, 2.75) is 39.2 Å². The number of rotatable bonds is 2. The third-order valence-electron chi connectivity index (χ3n) is 4.11. The molecule has 0 atom stereocenters. The largest absolute Gasteiger partial charge is 0.457 e. The lowest BCUT2D eigenvalue weighted by Gasteiger charge is -2.26. The number of para-hydroxylation sites is 1. The van der Waals surface area contributed by atoms with Gasteiger partial charge in [0.15, 0.2) is 0 Å². The SMILES string of the molecule is CC(C)(C)OC(=O)N1CCc2ccc(Oc3ccccc3)cc2CC1. The number of fused-ring (bicyclic) bond motifs is 1. The molecule has 0 saturated heterocycles. The zero-order valence-electron chi connectivity index (χ0n) is 15.1. The Morgan fingerprint density at radius 3 is 2.28 bits per heavy atom. The second-order valence-corrected chi connectivity index (χ2v) is 7.31. The van der Waals surface area contributed by atoms with Crippen molar-refractivity contribution in [3.8, 4) is 11.5 Å². The molecule has 2 aromatic carbocycles. The molecule has 4 nitrogen and oxygen atoms in total. The predicted molar refractivity (Wildman–Crippen MR) is 98.2 cm³/mol. The molecule has 3 rings (SSSR count). The highest BCUT2D eigenvalue weighted by Crippen LogP contribution is 2.26. The predicted octanol–water partition coefficient (Wildman–Crippen LogP) is 4.81. The summed E-state index contributed by atoms with van der Waals surface area (Å²) in [6, 6.07) is 15.9. The summed E-state index contributed by atoms with van der Waals surface area (Å²) in [5.74, 6) is 1.65. The fraction of sp³-hybridized carbons (Fsp3) is 0.381. The number of hydrogen-bond acceptors (Lipinski definition) is 3. The lowest BCUT2D eigenvalue weighted by molar-refractivity contribution is 0.0258. The Kier molecular flexibility index (Phi) is 4.98. The van der Waals surface area contributed by atoms with E-state index in [4.69, 9.17) is 9.47 Å². The lowest BCUT2D eigenvalue weighted by atomic mass is 10.0. The van der Waals surface area contributed by atoms with Crippen molar-refractivity contribution in [3.63, 3.8) is 0 Å². The molecule has 0 aromatic heterocycles. The molecule has 1 heterocycles. The average Bonchev–Trinajstić information content (AvgIpc) is 2.76. The third kappa shape index (κ3) is 4.75. The van der Waals surface area contributed by atoms with Crippen LogP contribution < -0.4 is 4.74 Å². The number of nitrogens with zero attached hydrogens (tertiary/aromatic N) is 1. The Hall–Kier alpha value is -2.49. The van der Waals surface area contributed by atoms with Crippen LogP contribution in [0.1, 0.15) is 31.9 Å². The minimum atomic E-state index is -0.465. The van der Waals surface area contributed by atoms with E-state index in [-0.39, 0.29) is 6.09 Å². The summed E-state index contributed by atoms with van der Waals surface area (Å²) in [4.78, 5) is 14.1. The molecule has 0 fully saturated rings. The molecule has 0 spiro atoms. The summed E-state index contributed by atoms with van der Waals surface area (Å²) in [7, 11) is 0. The van der Waals surface area contributed by atoms with Gasteiger partial charge in [-0.15, -0.1) is 0 Å². The molecule has 0 bridgehead atoms. The van der Waals surface area contributed by atoms with E-state index in [1.807, 2.05) is 57.2 Å². The van der Waals surface area contributed by atoms with Crippen LogP contribution in [0.15, 0.2) is 48.5 Å². The maximum absolute atomic E-state index is 12.3. The molecule has 0 radical (unpaired) electrons. The van der Waals surface area contributed by atoms with Crippen molar-refractivity contribution in [2.24, 2.45) is 0 Å². The molecule has 1 amide bonds. The van der Waals surface area contributed by atoms with Gasteiger partial charge in [0.25, 0.3) is 0 Å². The van der Waals surface area contributed by atoms with Gasteiger partial charge in [-0.1, -0.05) is 24.3 Å².